The first-order chi connectivity index (χ1) is 7.41. The van der Waals surface area contributed by atoms with Gasteiger partial charge in [0.15, 0.2) is 0 Å². The summed E-state index contributed by atoms with van der Waals surface area (Å²) in [7, 11) is 0. The predicted octanol–water partition coefficient (Wildman–Crippen LogP) is 3.65. The van der Waals surface area contributed by atoms with Gasteiger partial charge >= 0.3 is 0 Å². The summed E-state index contributed by atoms with van der Waals surface area (Å²) in [5.74, 6) is 0. The van der Waals surface area contributed by atoms with E-state index in [2.05, 4.69) is 38.6 Å². The number of aliphatic hydroxyl groups excluding tert-OH is 1. The second kappa shape index (κ2) is 5.16. The van der Waals surface area contributed by atoms with Gasteiger partial charge in [-0.3, -0.25) is 0 Å². The SMILES string of the molecule is CC(O)C=C=C(c1ccccc1)C(C)(C)C. The Morgan fingerprint density at radius 2 is 1.81 bits per heavy atom. The lowest BCUT2D eigenvalue weighted by atomic mass is 9.82. The molecule has 1 aromatic carbocycles. The van der Waals surface area contributed by atoms with E-state index in [0.29, 0.717) is 0 Å². The number of hydrogen-bond acceptors (Lipinski definition) is 1. The van der Waals surface area contributed by atoms with E-state index in [1.165, 1.54) is 0 Å². The zero-order valence-corrected chi connectivity index (χ0v) is 10.5. The molecule has 1 rings (SSSR count). The third-order valence-corrected chi connectivity index (χ3v) is 2.28. The lowest BCUT2D eigenvalue weighted by Crippen LogP contribution is -2.07. The Balaban J connectivity index is 3.23. The second-order valence-electron chi connectivity index (χ2n) is 5.04. The molecule has 0 aliphatic carbocycles. The van der Waals surface area contributed by atoms with E-state index in [9.17, 15) is 5.11 Å². The highest BCUT2D eigenvalue weighted by molar-refractivity contribution is 5.68. The molecule has 0 radical (unpaired) electrons. The van der Waals surface area contributed by atoms with Crippen LogP contribution in [0.5, 0.6) is 0 Å². The minimum Gasteiger partial charge on any atom is -0.389 e. The van der Waals surface area contributed by atoms with Crippen LogP contribution in [0, 0.1) is 5.41 Å². The number of rotatable bonds is 2. The minimum atomic E-state index is -0.457. The molecule has 0 amide bonds. The molecule has 1 aromatic rings. The molecule has 1 atom stereocenters. The highest BCUT2D eigenvalue weighted by atomic mass is 16.3. The molecule has 1 nitrogen and oxygen atoms in total. The van der Waals surface area contributed by atoms with Gasteiger partial charge in [-0.15, -0.1) is 5.73 Å². The summed E-state index contributed by atoms with van der Waals surface area (Å²) in [5.41, 5.74) is 5.52. The van der Waals surface area contributed by atoms with Gasteiger partial charge in [0.1, 0.15) is 0 Å². The molecule has 86 valence electrons. The van der Waals surface area contributed by atoms with Gasteiger partial charge in [-0.05, 0) is 24.0 Å². The summed E-state index contributed by atoms with van der Waals surface area (Å²) in [6.45, 7) is 8.19. The molecule has 0 heterocycles. The Kier molecular flexibility index (Phi) is 4.12. The maximum atomic E-state index is 9.28. The van der Waals surface area contributed by atoms with Crippen LogP contribution in [0.4, 0.5) is 0 Å². The first-order valence-corrected chi connectivity index (χ1v) is 5.62. The van der Waals surface area contributed by atoms with Crippen molar-refractivity contribution in [2.75, 3.05) is 0 Å². The van der Waals surface area contributed by atoms with E-state index in [1.54, 1.807) is 13.0 Å². The molecule has 1 unspecified atom stereocenters. The summed E-state index contributed by atoms with van der Waals surface area (Å²) in [6.07, 6.45) is 1.24. The number of hydrogen-bond donors (Lipinski definition) is 1. The van der Waals surface area contributed by atoms with Crippen molar-refractivity contribution >= 4 is 5.57 Å². The summed E-state index contributed by atoms with van der Waals surface area (Å²) >= 11 is 0. The maximum absolute atomic E-state index is 9.28. The maximum Gasteiger partial charge on any atom is 0.0766 e. The lowest BCUT2D eigenvalue weighted by molar-refractivity contribution is 0.244. The third kappa shape index (κ3) is 3.69. The normalized spacial score (nSPS) is 12.8. The van der Waals surface area contributed by atoms with E-state index in [-0.39, 0.29) is 5.41 Å². The highest BCUT2D eigenvalue weighted by Crippen LogP contribution is 2.32. The molecule has 0 fully saturated rings. The van der Waals surface area contributed by atoms with Gasteiger partial charge in [0.25, 0.3) is 0 Å². The van der Waals surface area contributed by atoms with Crippen molar-refractivity contribution < 1.29 is 5.11 Å². The molecule has 0 saturated heterocycles. The zero-order valence-electron chi connectivity index (χ0n) is 10.5. The van der Waals surface area contributed by atoms with Gasteiger partial charge < -0.3 is 5.11 Å². The zero-order chi connectivity index (χ0) is 12.2. The highest BCUT2D eigenvalue weighted by Gasteiger charge is 2.18. The molecular weight excluding hydrogens is 196 g/mol. The third-order valence-electron chi connectivity index (χ3n) is 2.28. The van der Waals surface area contributed by atoms with E-state index in [0.717, 1.165) is 11.1 Å². The first kappa shape index (κ1) is 12.8. The van der Waals surface area contributed by atoms with Crippen LogP contribution in [-0.2, 0) is 0 Å². The Labute approximate surface area is 98.1 Å². The Bertz CT molecular complexity index is 387. The molecular formula is C15H20O. The smallest absolute Gasteiger partial charge is 0.0766 e. The van der Waals surface area contributed by atoms with Gasteiger partial charge in [-0.25, -0.2) is 0 Å². The molecule has 0 aliphatic rings. The van der Waals surface area contributed by atoms with E-state index in [1.807, 2.05) is 18.2 Å². The van der Waals surface area contributed by atoms with Crippen molar-refractivity contribution in [2.45, 2.75) is 33.8 Å². The molecule has 1 heteroatoms. The summed E-state index contributed by atoms with van der Waals surface area (Å²) in [6, 6.07) is 10.2. The molecule has 16 heavy (non-hydrogen) atoms. The van der Waals surface area contributed by atoms with Gasteiger partial charge in [-0.1, -0.05) is 51.1 Å². The molecule has 0 aromatic heterocycles. The fourth-order valence-electron chi connectivity index (χ4n) is 1.54. The molecule has 0 spiro atoms. The Morgan fingerprint density at radius 1 is 1.25 bits per heavy atom. The van der Waals surface area contributed by atoms with Crippen molar-refractivity contribution in [3.63, 3.8) is 0 Å². The average molecular weight is 216 g/mol. The monoisotopic (exact) mass is 216 g/mol. The topological polar surface area (TPSA) is 20.2 Å². The van der Waals surface area contributed by atoms with Crippen molar-refractivity contribution in [2.24, 2.45) is 5.41 Å². The van der Waals surface area contributed by atoms with Crippen LogP contribution in [-0.4, -0.2) is 11.2 Å². The minimum absolute atomic E-state index is 0.0206. The largest absolute Gasteiger partial charge is 0.389 e. The van der Waals surface area contributed by atoms with Crippen molar-refractivity contribution in [3.05, 3.63) is 47.7 Å². The molecule has 0 bridgehead atoms. The fraction of sp³-hybridized carbons (Fsp3) is 0.400. The van der Waals surface area contributed by atoms with E-state index >= 15 is 0 Å². The number of benzene rings is 1. The van der Waals surface area contributed by atoms with Crippen LogP contribution in [0.2, 0.25) is 0 Å². The van der Waals surface area contributed by atoms with Crippen molar-refractivity contribution in [1.82, 2.24) is 0 Å². The average Bonchev–Trinajstić information content (AvgIpc) is 2.17. The Morgan fingerprint density at radius 3 is 2.25 bits per heavy atom. The van der Waals surface area contributed by atoms with Crippen LogP contribution >= 0.6 is 0 Å². The van der Waals surface area contributed by atoms with Gasteiger partial charge in [0, 0.05) is 5.57 Å². The summed E-state index contributed by atoms with van der Waals surface area (Å²) in [5, 5.41) is 9.28. The quantitative estimate of drug-likeness (QED) is 0.748. The predicted molar refractivity (Wildman–Crippen MR) is 69.1 cm³/mol. The first-order valence-electron chi connectivity index (χ1n) is 5.62. The number of aliphatic hydroxyl groups is 1. The van der Waals surface area contributed by atoms with Crippen molar-refractivity contribution in [3.8, 4) is 0 Å². The van der Waals surface area contributed by atoms with Crippen molar-refractivity contribution in [1.29, 1.82) is 0 Å². The van der Waals surface area contributed by atoms with E-state index < -0.39 is 6.10 Å². The fourth-order valence-corrected chi connectivity index (χ4v) is 1.54. The Hall–Kier alpha value is -1.30. The van der Waals surface area contributed by atoms with Crippen LogP contribution in [0.3, 0.4) is 0 Å². The molecule has 1 N–H and O–H groups in total. The van der Waals surface area contributed by atoms with Gasteiger partial charge in [0.05, 0.1) is 6.10 Å². The van der Waals surface area contributed by atoms with Crippen LogP contribution in [0.15, 0.2) is 42.1 Å². The molecule has 0 aliphatic heterocycles. The van der Waals surface area contributed by atoms with Crippen LogP contribution in [0.1, 0.15) is 33.3 Å². The van der Waals surface area contributed by atoms with Gasteiger partial charge in [0.2, 0.25) is 0 Å². The summed E-state index contributed by atoms with van der Waals surface area (Å²) < 4.78 is 0. The van der Waals surface area contributed by atoms with Gasteiger partial charge in [-0.2, -0.15) is 0 Å². The standard InChI is InChI=1S/C15H20O/c1-12(16)10-11-14(15(2,3)4)13-8-6-5-7-9-13/h5-10,12,16H,1-4H3. The lowest BCUT2D eigenvalue weighted by Gasteiger charge is -2.21. The molecule has 0 saturated carbocycles. The van der Waals surface area contributed by atoms with E-state index in [4.69, 9.17) is 0 Å². The second-order valence-corrected chi connectivity index (χ2v) is 5.04. The van der Waals surface area contributed by atoms with Crippen LogP contribution < -0.4 is 0 Å². The van der Waals surface area contributed by atoms with Crippen LogP contribution in [0.25, 0.3) is 5.57 Å². The summed E-state index contributed by atoms with van der Waals surface area (Å²) in [4.78, 5) is 0.